The van der Waals surface area contributed by atoms with Crippen molar-refractivity contribution < 1.29 is 4.74 Å². The van der Waals surface area contributed by atoms with Gasteiger partial charge in [0.1, 0.15) is 5.82 Å². The van der Waals surface area contributed by atoms with Gasteiger partial charge in [-0.1, -0.05) is 0 Å². The molecule has 5 heteroatoms. The summed E-state index contributed by atoms with van der Waals surface area (Å²) in [6.07, 6.45) is 5.94. The molecular formula is C9H16N4O. The van der Waals surface area contributed by atoms with Crippen LogP contribution in [-0.2, 0) is 4.74 Å². The van der Waals surface area contributed by atoms with Gasteiger partial charge in [0, 0.05) is 32.1 Å². The predicted molar refractivity (Wildman–Crippen MR) is 55.0 cm³/mol. The number of hydrogen-bond donors (Lipinski definition) is 2. The van der Waals surface area contributed by atoms with E-state index >= 15 is 0 Å². The van der Waals surface area contributed by atoms with Crippen LogP contribution in [0.3, 0.4) is 0 Å². The molecule has 0 radical (unpaired) electrons. The summed E-state index contributed by atoms with van der Waals surface area (Å²) in [7, 11) is 0. The van der Waals surface area contributed by atoms with Crippen LogP contribution < -0.4 is 11.1 Å². The third-order valence-corrected chi connectivity index (χ3v) is 1.60. The summed E-state index contributed by atoms with van der Waals surface area (Å²) >= 11 is 0. The van der Waals surface area contributed by atoms with Crippen molar-refractivity contribution in [1.82, 2.24) is 9.97 Å². The maximum Gasteiger partial charge on any atom is 0.144 e. The molecule has 0 saturated heterocycles. The average Bonchev–Trinajstić information content (AvgIpc) is 2.25. The van der Waals surface area contributed by atoms with Gasteiger partial charge in [-0.05, 0) is 6.42 Å². The van der Waals surface area contributed by atoms with Gasteiger partial charge in [-0.15, -0.1) is 0 Å². The predicted octanol–water partition coefficient (Wildman–Crippen LogP) is 0.254. The lowest BCUT2D eigenvalue weighted by Crippen LogP contribution is -2.11. The summed E-state index contributed by atoms with van der Waals surface area (Å²) in [6.45, 7) is 2.77. The number of ether oxygens (including phenoxy) is 1. The van der Waals surface area contributed by atoms with Crippen molar-refractivity contribution in [1.29, 1.82) is 0 Å². The zero-order valence-electron chi connectivity index (χ0n) is 8.15. The summed E-state index contributed by atoms with van der Waals surface area (Å²) in [4.78, 5) is 8.02. The van der Waals surface area contributed by atoms with Crippen LogP contribution in [0.25, 0.3) is 0 Å². The van der Waals surface area contributed by atoms with Crippen molar-refractivity contribution in [2.24, 2.45) is 5.73 Å². The number of nitrogens with two attached hydrogens (primary N) is 1. The first-order valence-electron chi connectivity index (χ1n) is 4.71. The van der Waals surface area contributed by atoms with Crippen molar-refractivity contribution in [2.45, 2.75) is 6.42 Å². The number of nitrogens with zero attached hydrogens (tertiary/aromatic N) is 2. The van der Waals surface area contributed by atoms with E-state index in [1.807, 2.05) is 0 Å². The first-order chi connectivity index (χ1) is 6.93. The minimum atomic E-state index is 0.581. The molecule has 78 valence electrons. The molecule has 0 aliphatic heterocycles. The van der Waals surface area contributed by atoms with Gasteiger partial charge in [-0.3, -0.25) is 4.98 Å². The highest BCUT2D eigenvalue weighted by Crippen LogP contribution is 1.96. The molecule has 14 heavy (non-hydrogen) atoms. The summed E-state index contributed by atoms with van der Waals surface area (Å²) in [5.41, 5.74) is 5.28. The molecule has 0 aliphatic carbocycles. The molecule has 0 bridgehead atoms. The van der Waals surface area contributed by atoms with Crippen LogP contribution >= 0.6 is 0 Å². The van der Waals surface area contributed by atoms with Crippen LogP contribution in [0.15, 0.2) is 18.6 Å². The molecule has 0 spiro atoms. The second-order valence-electron chi connectivity index (χ2n) is 2.77. The quantitative estimate of drug-likeness (QED) is 0.612. The average molecular weight is 196 g/mol. The van der Waals surface area contributed by atoms with Crippen molar-refractivity contribution in [3.8, 4) is 0 Å². The molecule has 0 amide bonds. The van der Waals surface area contributed by atoms with Crippen molar-refractivity contribution in [3.05, 3.63) is 18.6 Å². The minimum absolute atomic E-state index is 0.581. The Morgan fingerprint density at radius 2 is 2.29 bits per heavy atom. The second kappa shape index (κ2) is 7.23. The summed E-state index contributed by atoms with van der Waals surface area (Å²) in [5, 5.41) is 3.14. The van der Waals surface area contributed by atoms with Gasteiger partial charge >= 0.3 is 0 Å². The van der Waals surface area contributed by atoms with E-state index in [4.69, 9.17) is 10.5 Å². The lowest BCUT2D eigenvalue weighted by Gasteiger charge is -2.04. The number of hydrogen-bond acceptors (Lipinski definition) is 5. The monoisotopic (exact) mass is 196 g/mol. The van der Waals surface area contributed by atoms with Gasteiger partial charge in [-0.25, -0.2) is 4.98 Å². The highest BCUT2D eigenvalue weighted by Gasteiger charge is 1.91. The highest BCUT2D eigenvalue weighted by atomic mass is 16.5. The third kappa shape index (κ3) is 4.74. The molecular weight excluding hydrogens is 180 g/mol. The molecule has 0 fully saturated rings. The van der Waals surface area contributed by atoms with E-state index in [1.54, 1.807) is 18.6 Å². The normalized spacial score (nSPS) is 10.1. The maximum absolute atomic E-state index is 5.28. The number of anilines is 1. The Morgan fingerprint density at radius 1 is 1.36 bits per heavy atom. The van der Waals surface area contributed by atoms with Crippen LogP contribution in [-0.4, -0.2) is 36.3 Å². The lowest BCUT2D eigenvalue weighted by atomic mass is 10.4. The standard InChI is InChI=1S/C9H16N4O/c10-2-7-14-6-1-3-12-9-8-11-4-5-13-9/h4-5,8H,1-3,6-7,10H2,(H,12,13). The Hall–Kier alpha value is -1.20. The summed E-state index contributed by atoms with van der Waals surface area (Å²) < 4.78 is 5.22. The molecule has 1 aromatic heterocycles. The van der Waals surface area contributed by atoms with E-state index in [-0.39, 0.29) is 0 Å². The van der Waals surface area contributed by atoms with Crippen molar-refractivity contribution >= 4 is 5.82 Å². The topological polar surface area (TPSA) is 73.1 Å². The Bertz CT molecular complexity index is 230. The molecule has 0 aromatic carbocycles. The number of nitrogens with one attached hydrogen (secondary N) is 1. The van der Waals surface area contributed by atoms with E-state index in [0.717, 1.165) is 25.4 Å². The van der Waals surface area contributed by atoms with Crippen molar-refractivity contribution in [2.75, 3.05) is 31.6 Å². The molecule has 0 atom stereocenters. The van der Waals surface area contributed by atoms with Crippen LogP contribution in [0.2, 0.25) is 0 Å². The highest BCUT2D eigenvalue weighted by molar-refractivity contribution is 5.29. The molecule has 1 rings (SSSR count). The van der Waals surface area contributed by atoms with Gasteiger partial charge in [0.05, 0.1) is 12.8 Å². The molecule has 1 aromatic rings. The van der Waals surface area contributed by atoms with Gasteiger partial charge in [0.25, 0.3) is 0 Å². The van der Waals surface area contributed by atoms with Crippen LogP contribution in [0.4, 0.5) is 5.82 Å². The van der Waals surface area contributed by atoms with Gasteiger partial charge in [0.2, 0.25) is 0 Å². The minimum Gasteiger partial charge on any atom is -0.380 e. The molecule has 0 unspecified atom stereocenters. The summed E-state index contributed by atoms with van der Waals surface area (Å²) in [5.74, 6) is 0.798. The van der Waals surface area contributed by atoms with E-state index in [0.29, 0.717) is 13.2 Å². The molecule has 3 N–H and O–H groups in total. The molecule has 5 nitrogen and oxygen atoms in total. The fourth-order valence-corrected chi connectivity index (χ4v) is 0.966. The second-order valence-corrected chi connectivity index (χ2v) is 2.77. The van der Waals surface area contributed by atoms with Crippen LogP contribution in [0.5, 0.6) is 0 Å². The molecule has 0 aliphatic rings. The zero-order chi connectivity index (χ0) is 10.1. The largest absolute Gasteiger partial charge is 0.380 e. The Kier molecular flexibility index (Phi) is 5.62. The molecule has 0 saturated carbocycles. The Labute approximate surface area is 83.7 Å². The van der Waals surface area contributed by atoms with Crippen molar-refractivity contribution in [3.63, 3.8) is 0 Å². The SMILES string of the molecule is NCCOCCCNc1cnccn1. The van der Waals surface area contributed by atoms with Gasteiger partial charge < -0.3 is 15.8 Å². The first-order valence-corrected chi connectivity index (χ1v) is 4.71. The first kappa shape index (κ1) is 10.9. The number of aromatic nitrogens is 2. The van der Waals surface area contributed by atoms with Gasteiger partial charge in [-0.2, -0.15) is 0 Å². The van der Waals surface area contributed by atoms with E-state index < -0.39 is 0 Å². The van der Waals surface area contributed by atoms with E-state index in [2.05, 4.69) is 15.3 Å². The lowest BCUT2D eigenvalue weighted by molar-refractivity contribution is 0.141. The zero-order valence-corrected chi connectivity index (χ0v) is 8.15. The maximum atomic E-state index is 5.28. The van der Waals surface area contributed by atoms with Crippen LogP contribution in [0, 0.1) is 0 Å². The fraction of sp³-hybridized carbons (Fsp3) is 0.556. The molecule has 1 heterocycles. The summed E-state index contributed by atoms with van der Waals surface area (Å²) in [6, 6.07) is 0. The fourth-order valence-electron chi connectivity index (χ4n) is 0.966. The van der Waals surface area contributed by atoms with Gasteiger partial charge in [0.15, 0.2) is 0 Å². The third-order valence-electron chi connectivity index (χ3n) is 1.60. The number of rotatable bonds is 7. The van der Waals surface area contributed by atoms with E-state index in [1.165, 1.54) is 0 Å². The Balaban J connectivity index is 1.99. The smallest absolute Gasteiger partial charge is 0.144 e. The van der Waals surface area contributed by atoms with Crippen LogP contribution in [0.1, 0.15) is 6.42 Å². The van der Waals surface area contributed by atoms with E-state index in [9.17, 15) is 0 Å². The Morgan fingerprint density at radius 3 is 3.00 bits per heavy atom.